The molecule has 0 aromatic carbocycles. The smallest absolute Gasteiger partial charge is 0.326 e. The summed E-state index contributed by atoms with van der Waals surface area (Å²) in [6.07, 6.45) is 16.9. The number of carboxylic acids is 2. The fourth-order valence-corrected chi connectivity index (χ4v) is 5.29. The maximum Gasteiger partial charge on any atom is 0.326 e. The predicted molar refractivity (Wildman–Crippen MR) is 200 cm³/mol. The molecule has 0 aliphatic rings. The van der Waals surface area contributed by atoms with Crippen molar-refractivity contribution in [2.45, 2.75) is 141 Å². The number of carboxylic acid groups (broad SMARTS) is 2. The van der Waals surface area contributed by atoms with Crippen LogP contribution in [0.2, 0.25) is 0 Å². The highest BCUT2D eigenvalue weighted by molar-refractivity contribution is 5.84. The van der Waals surface area contributed by atoms with E-state index in [1.807, 2.05) is 6.92 Å². The van der Waals surface area contributed by atoms with Gasteiger partial charge in [0.2, 0.25) is 17.7 Å². The van der Waals surface area contributed by atoms with Gasteiger partial charge in [-0.3, -0.25) is 24.0 Å². The third-order valence-corrected chi connectivity index (χ3v) is 8.24. The van der Waals surface area contributed by atoms with Gasteiger partial charge >= 0.3 is 11.9 Å². The highest BCUT2D eigenvalue weighted by Gasteiger charge is 2.20. The molecule has 3 amide bonds. The van der Waals surface area contributed by atoms with Crippen molar-refractivity contribution in [1.82, 2.24) is 16.0 Å². The van der Waals surface area contributed by atoms with Crippen LogP contribution in [0.5, 0.6) is 0 Å². The lowest BCUT2D eigenvalue weighted by atomic mass is 10.0. The highest BCUT2D eigenvalue weighted by atomic mass is 16.5. The molecule has 0 aromatic rings. The van der Waals surface area contributed by atoms with Crippen molar-refractivity contribution < 1.29 is 57.9 Å². The SMILES string of the molecule is CCCC(=O)COCCOCCNC(=O)COCCOCCNC(=O)CC[C@H](NC(=O)CCCCCCCCCCCCCCCCC(=O)O)C(=O)O. The van der Waals surface area contributed by atoms with E-state index in [0.717, 1.165) is 44.9 Å². The number of hydrogen-bond donors (Lipinski definition) is 5. The Morgan fingerprint density at radius 1 is 0.491 bits per heavy atom. The molecule has 0 aromatic heterocycles. The topological polar surface area (TPSA) is 216 Å². The van der Waals surface area contributed by atoms with Crippen LogP contribution in [0, 0.1) is 0 Å². The fraction of sp³-hybridized carbons (Fsp3) is 0.842. The summed E-state index contributed by atoms with van der Waals surface area (Å²) in [7, 11) is 0. The number of aliphatic carboxylic acids is 2. The summed E-state index contributed by atoms with van der Waals surface area (Å²) in [5.74, 6) is -2.78. The Morgan fingerprint density at radius 3 is 1.43 bits per heavy atom. The van der Waals surface area contributed by atoms with E-state index in [1.165, 1.54) is 44.9 Å². The van der Waals surface area contributed by atoms with Gasteiger partial charge in [-0.15, -0.1) is 0 Å². The van der Waals surface area contributed by atoms with Crippen LogP contribution >= 0.6 is 0 Å². The minimum absolute atomic E-state index is 0.0156. The second kappa shape index (κ2) is 37.2. The molecular weight excluding hydrogens is 690 g/mol. The fourth-order valence-electron chi connectivity index (χ4n) is 5.29. The number of Topliss-reactive ketones (excluding diaryl/α,β-unsaturated/α-hetero) is 1. The van der Waals surface area contributed by atoms with Crippen molar-refractivity contribution >= 4 is 35.4 Å². The Hall–Kier alpha value is -3.14. The number of rotatable bonds is 40. The average Bonchev–Trinajstić information content (AvgIpc) is 3.11. The molecule has 15 nitrogen and oxygen atoms in total. The quantitative estimate of drug-likeness (QED) is 0.0552. The third-order valence-electron chi connectivity index (χ3n) is 8.24. The number of carbonyl (C=O) groups excluding carboxylic acids is 4. The van der Waals surface area contributed by atoms with Gasteiger partial charge in [-0.25, -0.2) is 4.79 Å². The van der Waals surface area contributed by atoms with Crippen LogP contribution < -0.4 is 16.0 Å². The lowest BCUT2D eigenvalue weighted by Gasteiger charge is -2.14. The first-order valence-corrected chi connectivity index (χ1v) is 19.8. The van der Waals surface area contributed by atoms with Crippen molar-refractivity contribution in [3.63, 3.8) is 0 Å². The molecular formula is C38H69N3O12. The number of ketones is 1. The van der Waals surface area contributed by atoms with E-state index >= 15 is 0 Å². The molecule has 0 heterocycles. The van der Waals surface area contributed by atoms with E-state index < -0.39 is 18.0 Å². The van der Waals surface area contributed by atoms with E-state index in [0.29, 0.717) is 39.2 Å². The normalized spacial score (nSPS) is 11.6. The van der Waals surface area contributed by atoms with E-state index in [4.69, 9.17) is 24.1 Å². The van der Waals surface area contributed by atoms with Gasteiger partial charge < -0.3 is 45.1 Å². The first-order chi connectivity index (χ1) is 25.6. The Morgan fingerprint density at radius 2 is 0.943 bits per heavy atom. The van der Waals surface area contributed by atoms with Gasteiger partial charge in [0.05, 0.1) is 39.6 Å². The molecule has 53 heavy (non-hydrogen) atoms. The number of hydrogen-bond acceptors (Lipinski definition) is 10. The summed E-state index contributed by atoms with van der Waals surface area (Å²) in [6.45, 7) is 4.02. The van der Waals surface area contributed by atoms with Crippen molar-refractivity contribution in [3.8, 4) is 0 Å². The van der Waals surface area contributed by atoms with Crippen LogP contribution in [0.25, 0.3) is 0 Å². The van der Waals surface area contributed by atoms with Crippen molar-refractivity contribution in [1.29, 1.82) is 0 Å². The van der Waals surface area contributed by atoms with Gasteiger partial charge in [0.1, 0.15) is 19.3 Å². The molecule has 0 rings (SSSR count). The Balaban J connectivity index is 3.66. The predicted octanol–water partition coefficient (Wildman–Crippen LogP) is 4.33. The van der Waals surface area contributed by atoms with Gasteiger partial charge in [-0.05, 0) is 25.7 Å². The molecule has 0 fully saturated rings. The first kappa shape index (κ1) is 49.9. The number of carbonyl (C=O) groups is 6. The van der Waals surface area contributed by atoms with E-state index in [1.54, 1.807) is 0 Å². The van der Waals surface area contributed by atoms with Gasteiger partial charge in [0, 0.05) is 38.8 Å². The highest BCUT2D eigenvalue weighted by Crippen LogP contribution is 2.14. The maximum absolute atomic E-state index is 12.3. The minimum atomic E-state index is -1.18. The Labute approximate surface area is 316 Å². The molecule has 1 atom stereocenters. The van der Waals surface area contributed by atoms with Gasteiger partial charge in [-0.2, -0.15) is 0 Å². The zero-order chi connectivity index (χ0) is 39.2. The molecule has 5 N–H and O–H groups in total. The molecule has 308 valence electrons. The lowest BCUT2D eigenvalue weighted by Crippen LogP contribution is -2.41. The molecule has 0 aliphatic carbocycles. The van der Waals surface area contributed by atoms with E-state index in [-0.39, 0.29) is 88.8 Å². The molecule has 0 aliphatic heterocycles. The summed E-state index contributed by atoms with van der Waals surface area (Å²) >= 11 is 0. The molecule has 0 saturated heterocycles. The van der Waals surface area contributed by atoms with Crippen LogP contribution in [0.3, 0.4) is 0 Å². The van der Waals surface area contributed by atoms with E-state index in [2.05, 4.69) is 16.0 Å². The summed E-state index contributed by atoms with van der Waals surface area (Å²) < 4.78 is 21.2. The molecule has 0 radical (unpaired) electrons. The number of unbranched alkanes of at least 4 members (excludes halogenated alkanes) is 13. The molecule has 0 unspecified atom stereocenters. The molecule has 0 bridgehead atoms. The third kappa shape index (κ3) is 37.0. The number of ether oxygens (including phenoxy) is 4. The maximum atomic E-state index is 12.3. The number of nitrogens with one attached hydrogen (secondary N) is 3. The standard InChI is InChI=1S/C38H69N3O12/c1-2-17-32(42)30-52-28-26-51-25-23-40-36(45)31-53-29-27-50-24-22-39-34(43)21-20-33(38(48)49)41-35(44)18-15-13-11-9-7-5-3-4-6-8-10-12-14-16-19-37(46)47/h33H,2-31H2,1H3,(H,39,43)(H,40,45)(H,41,44)(H,46,47)(H,48,49)/t33-/m0/s1. The molecule has 15 heteroatoms. The Kier molecular flexibility index (Phi) is 35.0. The second-order valence-corrected chi connectivity index (χ2v) is 13.2. The zero-order valence-electron chi connectivity index (χ0n) is 32.3. The van der Waals surface area contributed by atoms with Crippen LogP contribution in [0.1, 0.15) is 135 Å². The van der Waals surface area contributed by atoms with Crippen molar-refractivity contribution in [2.75, 3.05) is 65.9 Å². The summed E-state index contributed by atoms with van der Waals surface area (Å²) in [5, 5.41) is 26.0. The average molecular weight is 760 g/mol. The molecule has 0 saturated carbocycles. The minimum Gasteiger partial charge on any atom is -0.481 e. The van der Waals surface area contributed by atoms with Gasteiger partial charge in [0.15, 0.2) is 5.78 Å². The second-order valence-electron chi connectivity index (χ2n) is 13.2. The van der Waals surface area contributed by atoms with Crippen LogP contribution in [-0.4, -0.2) is 118 Å². The first-order valence-electron chi connectivity index (χ1n) is 19.8. The summed E-state index contributed by atoms with van der Waals surface area (Å²) in [4.78, 5) is 69.7. The monoisotopic (exact) mass is 759 g/mol. The van der Waals surface area contributed by atoms with Crippen molar-refractivity contribution in [2.24, 2.45) is 0 Å². The van der Waals surface area contributed by atoms with E-state index in [9.17, 15) is 33.9 Å². The molecule has 0 spiro atoms. The summed E-state index contributed by atoms with van der Waals surface area (Å²) in [6, 6.07) is -1.13. The van der Waals surface area contributed by atoms with Crippen LogP contribution in [-0.2, 0) is 47.7 Å². The largest absolute Gasteiger partial charge is 0.481 e. The van der Waals surface area contributed by atoms with Crippen LogP contribution in [0.15, 0.2) is 0 Å². The number of amides is 3. The van der Waals surface area contributed by atoms with Crippen LogP contribution in [0.4, 0.5) is 0 Å². The lowest BCUT2D eigenvalue weighted by molar-refractivity contribution is -0.142. The summed E-state index contributed by atoms with van der Waals surface area (Å²) in [5.41, 5.74) is 0. The van der Waals surface area contributed by atoms with Crippen molar-refractivity contribution in [3.05, 3.63) is 0 Å². The van der Waals surface area contributed by atoms with Gasteiger partial charge in [0.25, 0.3) is 0 Å². The Bertz CT molecular complexity index is 982. The van der Waals surface area contributed by atoms with Gasteiger partial charge in [-0.1, -0.05) is 84.0 Å². The zero-order valence-corrected chi connectivity index (χ0v) is 32.3.